The third-order valence-electron chi connectivity index (χ3n) is 3.80. The third-order valence-corrected chi connectivity index (χ3v) is 4.09. The zero-order valence-corrected chi connectivity index (χ0v) is 13.2. The molecule has 2 heterocycles. The van der Waals surface area contributed by atoms with Gasteiger partial charge in [-0.2, -0.15) is 0 Å². The maximum atomic E-state index is 6.28. The van der Waals surface area contributed by atoms with Gasteiger partial charge in [0.1, 0.15) is 16.7 Å². The summed E-state index contributed by atoms with van der Waals surface area (Å²) in [5.41, 5.74) is 1.73. The van der Waals surface area contributed by atoms with Crippen molar-refractivity contribution >= 4 is 28.2 Å². The monoisotopic (exact) mass is 327 g/mol. The van der Waals surface area contributed by atoms with E-state index in [0.29, 0.717) is 23.3 Å². The minimum Gasteiger partial charge on any atom is -0.497 e. The fraction of sp³-hybridized carbons (Fsp3) is 0.176. The number of rotatable bonds is 2. The Bertz CT molecular complexity index is 885. The highest BCUT2D eigenvalue weighted by molar-refractivity contribution is 6.34. The maximum Gasteiger partial charge on any atom is 0.175 e. The van der Waals surface area contributed by atoms with Gasteiger partial charge in [-0.15, -0.1) is 0 Å². The predicted octanol–water partition coefficient (Wildman–Crippen LogP) is 3.84. The fourth-order valence-electron chi connectivity index (χ4n) is 2.61. The Labute approximate surface area is 138 Å². The maximum absolute atomic E-state index is 6.28. The van der Waals surface area contributed by atoms with Crippen molar-refractivity contribution in [1.82, 2.24) is 9.97 Å². The van der Waals surface area contributed by atoms with Crippen LogP contribution in [-0.4, -0.2) is 23.6 Å². The van der Waals surface area contributed by atoms with Crippen LogP contribution < -0.4 is 14.8 Å². The number of ether oxygens (including phenoxy) is 2. The average Bonchev–Trinajstić information content (AvgIpc) is 2.60. The summed E-state index contributed by atoms with van der Waals surface area (Å²) in [6.45, 7) is 0.577. The van der Waals surface area contributed by atoms with Gasteiger partial charge in [-0.25, -0.2) is 9.97 Å². The molecule has 0 aliphatic carbocycles. The quantitative estimate of drug-likeness (QED) is 0.725. The van der Waals surface area contributed by atoms with Crippen molar-refractivity contribution in [3.8, 4) is 11.5 Å². The van der Waals surface area contributed by atoms with Crippen LogP contribution in [-0.2, 0) is 0 Å². The lowest BCUT2D eigenvalue weighted by Gasteiger charge is -2.26. The number of nitrogens with one attached hydrogen (secondary N) is 1. The lowest BCUT2D eigenvalue weighted by molar-refractivity contribution is 0.200. The Morgan fingerprint density at radius 2 is 2.09 bits per heavy atom. The van der Waals surface area contributed by atoms with Crippen LogP contribution in [0.2, 0.25) is 5.15 Å². The molecule has 1 aliphatic rings. The van der Waals surface area contributed by atoms with Crippen LogP contribution in [0, 0.1) is 0 Å². The van der Waals surface area contributed by atoms with Crippen molar-refractivity contribution in [2.45, 2.75) is 6.10 Å². The molecule has 0 bridgehead atoms. The number of methoxy groups -OCH3 is 1. The Kier molecular flexibility index (Phi) is 3.42. The molecule has 0 saturated carbocycles. The molecular formula is C17H14ClN3O2. The summed E-state index contributed by atoms with van der Waals surface area (Å²) in [5.74, 6) is 2.02. The van der Waals surface area contributed by atoms with Crippen LogP contribution in [0.5, 0.6) is 11.5 Å². The smallest absolute Gasteiger partial charge is 0.175 e. The summed E-state index contributed by atoms with van der Waals surface area (Å²) in [6.07, 6.45) is -0.309. The van der Waals surface area contributed by atoms with Crippen molar-refractivity contribution < 1.29 is 9.47 Å². The van der Waals surface area contributed by atoms with E-state index in [4.69, 9.17) is 21.1 Å². The molecule has 0 fully saturated rings. The molecule has 1 aromatic heterocycles. The van der Waals surface area contributed by atoms with E-state index in [1.54, 1.807) is 7.11 Å². The van der Waals surface area contributed by atoms with E-state index >= 15 is 0 Å². The van der Waals surface area contributed by atoms with Gasteiger partial charge in [0, 0.05) is 11.5 Å². The highest BCUT2D eigenvalue weighted by Crippen LogP contribution is 2.36. The van der Waals surface area contributed by atoms with Gasteiger partial charge in [0.2, 0.25) is 0 Å². The minimum absolute atomic E-state index is 0.309. The molecule has 0 spiro atoms. The first-order valence-corrected chi connectivity index (χ1v) is 7.63. The van der Waals surface area contributed by atoms with Crippen LogP contribution in [0.3, 0.4) is 0 Å². The molecule has 1 N–H and O–H groups in total. The summed E-state index contributed by atoms with van der Waals surface area (Å²) < 4.78 is 11.3. The van der Waals surface area contributed by atoms with Crippen molar-refractivity contribution in [3.05, 3.63) is 53.4 Å². The molecule has 116 valence electrons. The molecule has 5 nitrogen and oxygen atoms in total. The first kappa shape index (κ1) is 14.1. The molecule has 0 radical (unpaired) electrons. The molecule has 1 unspecified atom stereocenters. The van der Waals surface area contributed by atoms with Crippen molar-refractivity contribution in [1.29, 1.82) is 0 Å². The molecular weight excluding hydrogens is 314 g/mol. The predicted molar refractivity (Wildman–Crippen MR) is 89.4 cm³/mol. The number of aromatic nitrogens is 2. The number of benzene rings is 2. The molecule has 1 aliphatic heterocycles. The number of nitrogens with zero attached hydrogens (tertiary/aromatic N) is 2. The second kappa shape index (κ2) is 5.59. The van der Waals surface area contributed by atoms with E-state index in [0.717, 1.165) is 22.3 Å². The van der Waals surface area contributed by atoms with Crippen LogP contribution in [0.25, 0.3) is 10.9 Å². The number of anilines is 1. The lowest BCUT2D eigenvalue weighted by atomic mass is 10.2. The summed E-state index contributed by atoms with van der Waals surface area (Å²) in [5, 5.41) is 4.60. The Morgan fingerprint density at radius 3 is 2.96 bits per heavy atom. The number of para-hydroxylation sites is 1. The summed E-state index contributed by atoms with van der Waals surface area (Å²) in [6, 6.07) is 13.3. The molecule has 0 amide bonds. The van der Waals surface area contributed by atoms with Gasteiger partial charge in [-0.05, 0) is 24.3 Å². The van der Waals surface area contributed by atoms with E-state index in [2.05, 4.69) is 15.3 Å². The van der Waals surface area contributed by atoms with Gasteiger partial charge in [0.25, 0.3) is 0 Å². The molecule has 4 rings (SSSR count). The number of hydrogen-bond acceptors (Lipinski definition) is 5. The van der Waals surface area contributed by atoms with Gasteiger partial charge in [0.05, 0.1) is 24.9 Å². The second-order valence-electron chi connectivity index (χ2n) is 5.24. The number of halogens is 1. The largest absolute Gasteiger partial charge is 0.497 e. The van der Waals surface area contributed by atoms with Crippen molar-refractivity contribution in [3.63, 3.8) is 0 Å². The third kappa shape index (κ3) is 2.53. The molecule has 0 saturated heterocycles. The SMILES string of the molecule is COc1ccc2c(c1)OC(c1nc(Cl)c3ccccc3n1)CN2. The first-order valence-electron chi connectivity index (χ1n) is 7.25. The number of hydrogen-bond donors (Lipinski definition) is 1. The van der Waals surface area contributed by atoms with Gasteiger partial charge in [0.15, 0.2) is 11.9 Å². The topological polar surface area (TPSA) is 56.3 Å². The van der Waals surface area contributed by atoms with Crippen LogP contribution in [0.4, 0.5) is 5.69 Å². The minimum atomic E-state index is -0.309. The standard InChI is InChI=1S/C17H14ClN3O2/c1-22-10-6-7-13-14(8-10)23-15(9-19-13)17-20-12-5-3-2-4-11(12)16(18)21-17/h2-8,15,19H,9H2,1H3. The van der Waals surface area contributed by atoms with E-state index < -0.39 is 0 Å². The average molecular weight is 328 g/mol. The van der Waals surface area contributed by atoms with E-state index in [9.17, 15) is 0 Å². The van der Waals surface area contributed by atoms with E-state index in [1.807, 2.05) is 42.5 Å². The zero-order chi connectivity index (χ0) is 15.8. The second-order valence-corrected chi connectivity index (χ2v) is 5.60. The molecule has 2 aromatic carbocycles. The Morgan fingerprint density at radius 1 is 1.22 bits per heavy atom. The fourth-order valence-corrected chi connectivity index (χ4v) is 2.86. The van der Waals surface area contributed by atoms with Gasteiger partial charge in [-0.1, -0.05) is 23.7 Å². The molecule has 6 heteroatoms. The van der Waals surface area contributed by atoms with Crippen molar-refractivity contribution in [2.75, 3.05) is 19.0 Å². The van der Waals surface area contributed by atoms with Crippen molar-refractivity contribution in [2.24, 2.45) is 0 Å². The summed E-state index contributed by atoms with van der Waals surface area (Å²) in [4.78, 5) is 8.98. The summed E-state index contributed by atoms with van der Waals surface area (Å²) in [7, 11) is 1.63. The van der Waals surface area contributed by atoms with Gasteiger partial charge in [-0.3, -0.25) is 0 Å². The summed E-state index contributed by atoms with van der Waals surface area (Å²) >= 11 is 6.28. The van der Waals surface area contributed by atoms with Crippen LogP contribution in [0.1, 0.15) is 11.9 Å². The van der Waals surface area contributed by atoms with E-state index in [1.165, 1.54) is 0 Å². The van der Waals surface area contributed by atoms with Crippen LogP contribution in [0.15, 0.2) is 42.5 Å². The highest BCUT2D eigenvalue weighted by Gasteiger charge is 2.24. The first-order chi connectivity index (χ1) is 11.2. The Balaban J connectivity index is 1.71. The molecule has 1 atom stereocenters. The molecule has 3 aromatic rings. The van der Waals surface area contributed by atoms with E-state index in [-0.39, 0.29) is 6.10 Å². The van der Waals surface area contributed by atoms with Gasteiger partial charge >= 0.3 is 0 Å². The molecule has 23 heavy (non-hydrogen) atoms. The normalized spacial score (nSPS) is 16.3. The lowest BCUT2D eigenvalue weighted by Crippen LogP contribution is -2.25. The zero-order valence-electron chi connectivity index (χ0n) is 12.4. The van der Waals surface area contributed by atoms with Crippen LogP contribution >= 0.6 is 11.6 Å². The van der Waals surface area contributed by atoms with Gasteiger partial charge < -0.3 is 14.8 Å². The Hall–Kier alpha value is -2.53. The highest BCUT2D eigenvalue weighted by atomic mass is 35.5. The number of fused-ring (bicyclic) bond motifs is 2.